The Labute approximate surface area is 106 Å². The maximum Gasteiger partial charge on any atom is 0.306 e. The number of aliphatic carboxylic acids is 1. The van der Waals surface area contributed by atoms with Gasteiger partial charge in [0.05, 0.1) is 12.0 Å². The number of likely N-dealkylation sites (tertiary alicyclic amines) is 1. The predicted molar refractivity (Wildman–Crippen MR) is 66.0 cm³/mol. The third kappa shape index (κ3) is 3.51. The maximum absolute atomic E-state index is 10.8. The van der Waals surface area contributed by atoms with Gasteiger partial charge in [0.1, 0.15) is 0 Å². The Morgan fingerprint density at radius 3 is 2.83 bits per heavy atom. The fourth-order valence-electron chi connectivity index (χ4n) is 2.51. The van der Waals surface area contributed by atoms with E-state index in [0.29, 0.717) is 13.0 Å². The number of carboxylic acids is 1. The van der Waals surface area contributed by atoms with Gasteiger partial charge in [-0.1, -0.05) is 0 Å². The van der Waals surface area contributed by atoms with Crippen LogP contribution in [-0.2, 0) is 11.3 Å². The summed E-state index contributed by atoms with van der Waals surface area (Å²) in [5.74, 6) is -0.941. The highest BCUT2D eigenvalue weighted by atomic mass is 16.4. The zero-order valence-electron chi connectivity index (χ0n) is 10.2. The smallest absolute Gasteiger partial charge is 0.306 e. The number of carbonyl (C=O) groups is 1. The molecule has 0 aromatic carbocycles. The van der Waals surface area contributed by atoms with Crippen molar-refractivity contribution in [2.75, 3.05) is 13.1 Å². The zero-order chi connectivity index (χ0) is 13.0. The van der Waals surface area contributed by atoms with E-state index in [0.717, 1.165) is 25.1 Å². The van der Waals surface area contributed by atoms with Gasteiger partial charge in [-0.3, -0.25) is 14.7 Å². The van der Waals surface area contributed by atoms with Gasteiger partial charge in [0.15, 0.2) is 0 Å². The number of pyridine rings is 1. The van der Waals surface area contributed by atoms with Gasteiger partial charge in [0.2, 0.25) is 0 Å². The van der Waals surface area contributed by atoms with Crippen LogP contribution in [0.5, 0.6) is 0 Å². The minimum Gasteiger partial charge on any atom is -0.481 e. The van der Waals surface area contributed by atoms with E-state index in [2.05, 4.69) is 9.88 Å². The lowest BCUT2D eigenvalue weighted by atomic mass is 9.89. The van der Waals surface area contributed by atoms with Crippen LogP contribution in [0.1, 0.15) is 24.8 Å². The van der Waals surface area contributed by atoms with Crippen molar-refractivity contribution < 1.29 is 15.0 Å². The monoisotopic (exact) mass is 250 g/mol. The third-order valence-corrected chi connectivity index (χ3v) is 3.27. The normalized spacial score (nSPS) is 24.9. The summed E-state index contributed by atoms with van der Waals surface area (Å²) in [6, 6.07) is 3.87. The molecule has 1 aliphatic rings. The van der Waals surface area contributed by atoms with Crippen LogP contribution in [0.2, 0.25) is 0 Å². The second-order valence-corrected chi connectivity index (χ2v) is 4.96. The molecule has 5 nitrogen and oxygen atoms in total. The number of hydrogen-bond acceptors (Lipinski definition) is 4. The second-order valence-electron chi connectivity index (χ2n) is 4.96. The molecule has 0 spiro atoms. The summed E-state index contributed by atoms with van der Waals surface area (Å²) in [6.07, 6.45) is 4.69. The number of piperidine rings is 1. The van der Waals surface area contributed by atoms with E-state index in [4.69, 9.17) is 5.11 Å². The first-order valence-electron chi connectivity index (χ1n) is 6.13. The Kier molecular flexibility index (Phi) is 3.93. The van der Waals surface area contributed by atoms with Crippen molar-refractivity contribution in [3.8, 4) is 0 Å². The topological polar surface area (TPSA) is 73.7 Å². The lowest BCUT2D eigenvalue weighted by Gasteiger charge is -2.38. The number of β-amino-alcohol motifs (C(OH)–C–C–N with tert-alkyl or cyclic N) is 1. The molecular weight excluding hydrogens is 232 g/mol. The minimum atomic E-state index is -1.09. The Balaban J connectivity index is 1.96. The molecule has 2 heterocycles. The molecule has 1 saturated heterocycles. The summed E-state index contributed by atoms with van der Waals surface area (Å²) in [7, 11) is 0. The molecule has 1 fully saturated rings. The second kappa shape index (κ2) is 5.46. The van der Waals surface area contributed by atoms with Crippen LogP contribution in [0.15, 0.2) is 24.5 Å². The van der Waals surface area contributed by atoms with Crippen LogP contribution >= 0.6 is 0 Å². The Morgan fingerprint density at radius 2 is 2.17 bits per heavy atom. The largest absolute Gasteiger partial charge is 0.481 e. The van der Waals surface area contributed by atoms with Gasteiger partial charge in [0.25, 0.3) is 0 Å². The van der Waals surface area contributed by atoms with Crippen LogP contribution in [-0.4, -0.2) is 44.8 Å². The highest BCUT2D eigenvalue weighted by molar-refractivity contribution is 5.68. The van der Waals surface area contributed by atoms with E-state index in [-0.39, 0.29) is 6.42 Å². The lowest BCUT2D eigenvalue weighted by molar-refractivity contribution is -0.145. The number of nitrogens with zero attached hydrogens (tertiary/aromatic N) is 2. The molecular formula is C13H18N2O3. The number of hydrogen-bond donors (Lipinski definition) is 2. The summed E-state index contributed by atoms with van der Waals surface area (Å²) in [4.78, 5) is 16.8. The van der Waals surface area contributed by atoms with Crippen LogP contribution in [0.25, 0.3) is 0 Å². The van der Waals surface area contributed by atoms with Gasteiger partial charge in [-0.05, 0) is 37.1 Å². The molecule has 5 heteroatoms. The first-order valence-corrected chi connectivity index (χ1v) is 6.13. The summed E-state index contributed by atoms with van der Waals surface area (Å²) in [5.41, 5.74) is 0.0430. The maximum atomic E-state index is 10.8. The fourth-order valence-corrected chi connectivity index (χ4v) is 2.51. The number of aromatic nitrogens is 1. The van der Waals surface area contributed by atoms with Crippen LogP contribution in [0.4, 0.5) is 0 Å². The minimum absolute atomic E-state index is 0.181. The molecule has 0 amide bonds. The first kappa shape index (κ1) is 13.0. The zero-order valence-corrected chi connectivity index (χ0v) is 10.2. The van der Waals surface area contributed by atoms with Crippen molar-refractivity contribution in [3.63, 3.8) is 0 Å². The molecule has 1 aliphatic heterocycles. The van der Waals surface area contributed by atoms with E-state index in [1.807, 2.05) is 12.1 Å². The molecule has 0 saturated carbocycles. The molecule has 2 rings (SSSR count). The molecule has 1 aromatic heterocycles. The SMILES string of the molecule is O=C(O)CC1(O)CCCN(Cc2ccncc2)C1. The highest BCUT2D eigenvalue weighted by Gasteiger charge is 2.35. The summed E-state index contributed by atoms with van der Waals surface area (Å²) < 4.78 is 0. The van der Waals surface area contributed by atoms with Gasteiger partial charge in [-0.25, -0.2) is 0 Å². The fraction of sp³-hybridized carbons (Fsp3) is 0.538. The van der Waals surface area contributed by atoms with Gasteiger partial charge in [-0.2, -0.15) is 0 Å². The summed E-state index contributed by atoms with van der Waals surface area (Å²) in [5, 5.41) is 19.1. The van der Waals surface area contributed by atoms with Crippen molar-refractivity contribution in [2.45, 2.75) is 31.4 Å². The first-order chi connectivity index (χ1) is 8.57. The van der Waals surface area contributed by atoms with Gasteiger partial charge in [0, 0.05) is 25.5 Å². The molecule has 0 radical (unpaired) electrons. The van der Waals surface area contributed by atoms with E-state index < -0.39 is 11.6 Å². The van der Waals surface area contributed by atoms with Crippen LogP contribution < -0.4 is 0 Å². The van der Waals surface area contributed by atoms with Crippen molar-refractivity contribution in [1.82, 2.24) is 9.88 Å². The molecule has 18 heavy (non-hydrogen) atoms. The molecule has 2 N–H and O–H groups in total. The van der Waals surface area contributed by atoms with Gasteiger partial charge >= 0.3 is 5.97 Å². The average Bonchev–Trinajstić information content (AvgIpc) is 2.28. The Hall–Kier alpha value is -1.46. The van der Waals surface area contributed by atoms with E-state index in [1.54, 1.807) is 12.4 Å². The third-order valence-electron chi connectivity index (χ3n) is 3.27. The molecule has 1 aromatic rings. The number of aliphatic hydroxyl groups is 1. The van der Waals surface area contributed by atoms with Gasteiger partial charge in [-0.15, -0.1) is 0 Å². The van der Waals surface area contributed by atoms with Crippen LogP contribution in [0.3, 0.4) is 0 Å². The standard InChI is InChI=1S/C13H18N2O3/c16-12(17)8-13(18)4-1-7-15(10-13)9-11-2-5-14-6-3-11/h2-3,5-6,18H,1,4,7-10H2,(H,16,17). The Bertz CT molecular complexity index is 410. The van der Waals surface area contributed by atoms with Crippen molar-refractivity contribution in [2.24, 2.45) is 0 Å². The highest BCUT2D eigenvalue weighted by Crippen LogP contribution is 2.25. The predicted octanol–water partition coefficient (Wildman–Crippen LogP) is 0.883. The van der Waals surface area contributed by atoms with Crippen molar-refractivity contribution >= 4 is 5.97 Å². The molecule has 0 bridgehead atoms. The Morgan fingerprint density at radius 1 is 1.44 bits per heavy atom. The van der Waals surface area contributed by atoms with Crippen molar-refractivity contribution in [1.29, 1.82) is 0 Å². The van der Waals surface area contributed by atoms with Crippen LogP contribution in [0, 0.1) is 0 Å². The average molecular weight is 250 g/mol. The van der Waals surface area contributed by atoms with Gasteiger partial charge < -0.3 is 10.2 Å². The van der Waals surface area contributed by atoms with E-state index in [9.17, 15) is 9.90 Å². The summed E-state index contributed by atoms with van der Waals surface area (Å²) >= 11 is 0. The lowest BCUT2D eigenvalue weighted by Crippen LogP contribution is -2.48. The number of rotatable bonds is 4. The van der Waals surface area contributed by atoms with Crippen molar-refractivity contribution in [3.05, 3.63) is 30.1 Å². The summed E-state index contributed by atoms with van der Waals surface area (Å²) in [6.45, 7) is 2.04. The number of carboxylic acid groups (broad SMARTS) is 1. The quantitative estimate of drug-likeness (QED) is 0.830. The molecule has 0 aliphatic carbocycles. The van der Waals surface area contributed by atoms with E-state index >= 15 is 0 Å². The molecule has 98 valence electrons. The van der Waals surface area contributed by atoms with E-state index in [1.165, 1.54) is 0 Å². The molecule has 1 atom stereocenters. The molecule has 1 unspecified atom stereocenters.